The van der Waals surface area contributed by atoms with Crippen LogP contribution in [0.4, 0.5) is 0 Å². The van der Waals surface area contributed by atoms with Gasteiger partial charge in [-0.3, -0.25) is 0 Å². The molecule has 0 radical (unpaired) electrons. The predicted molar refractivity (Wildman–Crippen MR) is 194 cm³/mol. The first kappa shape index (κ1) is 32.9. The van der Waals surface area contributed by atoms with Crippen molar-refractivity contribution >= 4 is 0 Å². The van der Waals surface area contributed by atoms with Crippen molar-refractivity contribution in [3.63, 3.8) is 0 Å². The van der Waals surface area contributed by atoms with Crippen LogP contribution in [0.15, 0.2) is 121 Å². The van der Waals surface area contributed by atoms with Crippen LogP contribution in [-0.2, 0) is 13.1 Å². The van der Waals surface area contributed by atoms with Gasteiger partial charge in [-0.15, -0.1) is 0 Å². The fraction of sp³-hybridized carbons (Fsp3) is 0.238. The van der Waals surface area contributed by atoms with Gasteiger partial charge in [0.2, 0.25) is 0 Å². The van der Waals surface area contributed by atoms with Crippen LogP contribution in [0.3, 0.4) is 0 Å². The monoisotopic (exact) mass is 640 g/mol. The summed E-state index contributed by atoms with van der Waals surface area (Å²) < 4.78 is 17.4. The summed E-state index contributed by atoms with van der Waals surface area (Å²) in [5.41, 5.74) is 11.1. The second-order valence-corrected chi connectivity index (χ2v) is 11.9. The van der Waals surface area contributed by atoms with E-state index in [1.807, 2.05) is 48.5 Å². The molecule has 0 aliphatic carbocycles. The van der Waals surface area contributed by atoms with Gasteiger partial charge in [-0.05, 0) is 62.1 Å². The lowest BCUT2D eigenvalue weighted by molar-refractivity contribution is 0.218. The Morgan fingerprint density at radius 2 is 0.854 bits per heavy atom. The molecule has 0 amide bonds. The Bertz CT molecular complexity index is 1780. The number of rotatable bonds is 15. The van der Waals surface area contributed by atoms with Crippen LogP contribution in [0.5, 0.6) is 11.5 Å². The Labute approximate surface area is 283 Å². The van der Waals surface area contributed by atoms with Crippen LogP contribution in [-0.4, -0.2) is 45.8 Å². The van der Waals surface area contributed by atoms with Crippen molar-refractivity contribution in [2.24, 2.45) is 0 Å². The minimum Gasteiger partial charge on any atom is -0.489 e. The molecule has 0 fully saturated rings. The largest absolute Gasteiger partial charge is 0.489 e. The van der Waals surface area contributed by atoms with E-state index in [2.05, 4.69) is 95.8 Å². The third kappa shape index (κ3) is 7.10. The number of benzene rings is 4. The molecule has 246 valence electrons. The standard InChI is InChI=1S/C42H44N2O4/c1-31-37(29-39(43(31)23-13-25-45)33-15-5-3-6-16-33)35-19-9-11-21-41(35)47-27-28-48-42-22-12-10-20-36(42)38-30-40(34-17-7-4-8-18-34)44(32(38)2)24-14-26-46/h3-12,15-22,29-30,45-46H,13-14,23-28H2,1-2H3. The second kappa shape index (κ2) is 15.7. The minimum atomic E-state index is 0.146. The molecule has 2 aromatic heterocycles. The van der Waals surface area contributed by atoms with Crippen LogP contribution in [0.1, 0.15) is 24.2 Å². The summed E-state index contributed by atoms with van der Waals surface area (Å²) in [4.78, 5) is 0. The molecule has 2 N–H and O–H groups in total. The molecule has 6 rings (SSSR count). The van der Waals surface area contributed by atoms with Gasteiger partial charge in [0.1, 0.15) is 24.7 Å². The van der Waals surface area contributed by atoms with Crippen LogP contribution in [0, 0.1) is 13.8 Å². The van der Waals surface area contributed by atoms with Crippen molar-refractivity contribution in [2.75, 3.05) is 26.4 Å². The van der Waals surface area contributed by atoms with Crippen LogP contribution in [0.2, 0.25) is 0 Å². The Kier molecular flexibility index (Phi) is 10.8. The number of hydrogen-bond donors (Lipinski definition) is 2. The zero-order valence-electron chi connectivity index (χ0n) is 27.8. The smallest absolute Gasteiger partial charge is 0.127 e. The summed E-state index contributed by atoms with van der Waals surface area (Å²) in [7, 11) is 0. The fourth-order valence-corrected chi connectivity index (χ4v) is 6.50. The first-order chi connectivity index (χ1) is 23.6. The van der Waals surface area contributed by atoms with Crippen molar-refractivity contribution in [3.05, 3.63) is 133 Å². The SMILES string of the molecule is Cc1c(-c2ccccc2OCCOc2ccccc2-c2cc(-c3ccccc3)n(CCCO)c2C)cc(-c2ccccc2)n1CCCO. The average Bonchev–Trinajstić information content (AvgIpc) is 3.64. The van der Waals surface area contributed by atoms with Crippen LogP contribution in [0.25, 0.3) is 44.8 Å². The number of aromatic nitrogens is 2. The molecule has 2 heterocycles. The van der Waals surface area contributed by atoms with Crippen molar-refractivity contribution in [1.82, 2.24) is 9.13 Å². The lowest BCUT2D eigenvalue weighted by atomic mass is 10.0. The molecule has 0 aliphatic rings. The summed E-state index contributed by atoms with van der Waals surface area (Å²) in [6.07, 6.45) is 1.37. The van der Waals surface area contributed by atoms with Crippen molar-refractivity contribution in [2.45, 2.75) is 39.8 Å². The van der Waals surface area contributed by atoms with Gasteiger partial charge >= 0.3 is 0 Å². The maximum atomic E-state index is 9.58. The third-order valence-electron chi connectivity index (χ3n) is 8.90. The molecule has 4 aromatic carbocycles. The van der Waals surface area contributed by atoms with E-state index in [9.17, 15) is 10.2 Å². The summed E-state index contributed by atoms with van der Waals surface area (Å²) >= 11 is 0. The fourth-order valence-electron chi connectivity index (χ4n) is 6.50. The van der Waals surface area contributed by atoms with Crippen molar-refractivity contribution in [3.8, 4) is 56.3 Å². The summed E-state index contributed by atoms with van der Waals surface area (Å²) in [5.74, 6) is 1.61. The highest BCUT2D eigenvalue weighted by atomic mass is 16.5. The van der Waals surface area contributed by atoms with Gasteiger partial charge < -0.3 is 28.8 Å². The molecule has 0 unspecified atom stereocenters. The molecular formula is C42H44N2O4. The Hall–Kier alpha value is -5.04. The highest BCUT2D eigenvalue weighted by Gasteiger charge is 2.19. The topological polar surface area (TPSA) is 68.8 Å². The van der Waals surface area contributed by atoms with E-state index >= 15 is 0 Å². The van der Waals surface area contributed by atoms with Crippen LogP contribution >= 0.6 is 0 Å². The second-order valence-electron chi connectivity index (χ2n) is 11.9. The number of aliphatic hydroxyl groups excluding tert-OH is 2. The van der Waals surface area contributed by atoms with E-state index in [4.69, 9.17) is 9.47 Å². The van der Waals surface area contributed by atoms with E-state index in [-0.39, 0.29) is 13.2 Å². The lowest BCUT2D eigenvalue weighted by Crippen LogP contribution is -2.10. The first-order valence-electron chi connectivity index (χ1n) is 16.8. The third-order valence-corrected chi connectivity index (χ3v) is 8.90. The highest BCUT2D eigenvalue weighted by Crippen LogP contribution is 2.39. The van der Waals surface area contributed by atoms with Gasteiger partial charge in [-0.2, -0.15) is 0 Å². The molecule has 0 atom stereocenters. The summed E-state index contributed by atoms with van der Waals surface area (Å²) in [6.45, 7) is 6.80. The molecule has 0 spiro atoms. The molecule has 0 saturated carbocycles. The van der Waals surface area contributed by atoms with Crippen LogP contribution < -0.4 is 9.47 Å². The molecule has 48 heavy (non-hydrogen) atoms. The molecule has 6 aromatic rings. The molecule has 0 bridgehead atoms. The van der Waals surface area contributed by atoms with Gasteiger partial charge in [0.25, 0.3) is 0 Å². The van der Waals surface area contributed by atoms with Crippen molar-refractivity contribution < 1.29 is 19.7 Å². The first-order valence-corrected chi connectivity index (χ1v) is 16.8. The van der Waals surface area contributed by atoms with Gasteiger partial charge in [0, 0.05) is 71.3 Å². The van der Waals surface area contributed by atoms with Gasteiger partial charge in [-0.25, -0.2) is 0 Å². The van der Waals surface area contributed by atoms with E-state index in [0.717, 1.165) is 80.7 Å². The van der Waals surface area contributed by atoms with Gasteiger partial charge in [0.05, 0.1) is 0 Å². The number of para-hydroxylation sites is 2. The highest BCUT2D eigenvalue weighted by molar-refractivity contribution is 5.80. The van der Waals surface area contributed by atoms with Crippen molar-refractivity contribution in [1.29, 1.82) is 0 Å². The Balaban J connectivity index is 1.22. The molecule has 6 heteroatoms. The van der Waals surface area contributed by atoms with Gasteiger partial charge in [0.15, 0.2) is 0 Å². The average molecular weight is 641 g/mol. The quantitative estimate of drug-likeness (QED) is 0.110. The maximum Gasteiger partial charge on any atom is 0.127 e. The number of nitrogens with zero attached hydrogens (tertiary/aromatic N) is 2. The Morgan fingerprint density at radius 3 is 1.25 bits per heavy atom. The molecular weight excluding hydrogens is 596 g/mol. The zero-order chi connectivity index (χ0) is 33.3. The lowest BCUT2D eigenvalue weighted by Gasteiger charge is -2.15. The molecule has 0 aliphatic heterocycles. The predicted octanol–water partition coefficient (Wildman–Crippen LogP) is 8.80. The summed E-state index contributed by atoms with van der Waals surface area (Å²) in [5, 5.41) is 19.2. The minimum absolute atomic E-state index is 0.146. The van der Waals surface area contributed by atoms with E-state index in [1.165, 1.54) is 0 Å². The van der Waals surface area contributed by atoms with Gasteiger partial charge in [-0.1, -0.05) is 97.1 Å². The van der Waals surface area contributed by atoms with E-state index in [1.54, 1.807) is 0 Å². The number of hydrogen-bond acceptors (Lipinski definition) is 4. The number of aliphatic hydroxyl groups is 2. The van der Waals surface area contributed by atoms with E-state index < -0.39 is 0 Å². The summed E-state index contributed by atoms with van der Waals surface area (Å²) in [6, 6.07) is 41.6. The zero-order valence-corrected chi connectivity index (χ0v) is 27.8. The normalized spacial score (nSPS) is 11.2. The molecule has 0 saturated heterocycles. The number of ether oxygens (including phenoxy) is 2. The molecule has 6 nitrogen and oxygen atoms in total. The van der Waals surface area contributed by atoms with E-state index in [0.29, 0.717) is 26.1 Å². The maximum absolute atomic E-state index is 9.58. The Morgan fingerprint density at radius 1 is 0.479 bits per heavy atom.